The maximum Gasteiger partial charge on any atom is 0.270 e. The Bertz CT molecular complexity index is 1840. The molecule has 0 spiro atoms. The van der Waals surface area contributed by atoms with Crippen molar-refractivity contribution < 1.29 is 28.2 Å². The molecule has 0 fully saturated rings. The Kier molecular flexibility index (Phi) is 8.71. The summed E-state index contributed by atoms with van der Waals surface area (Å²) in [4.78, 5) is 56.2. The molecule has 232 valence electrons. The molecule has 4 aromatic carbocycles. The Morgan fingerprint density at radius 2 is 0.978 bits per heavy atom. The molecular weight excluding hydrogens is 602 g/mol. The molecule has 0 saturated heterocycles. The molecule has 0 radical (unpaired) electrons. The normalized spacial score (nSPS) is 14.1. The molecule has 6 rings (SSSR count). The highest BCUT2D eigenvalue weighted by molar-refractivity contribution is 6.20. The van der Waals surface area contributed by atoms with Crippen LogP contribution in [0.4, 0.5) is 31.5 Å². The van der Waals surface area contributed by atoms with Crippen molar-refractivity contribution in [1.82, 2.24) is 0 Å². The highest BCUT2D eigenvalue weighted by atomic mass is 19.1. The predicted molar refractivity (Wildman–Crippen MR) is 167 cm³/mol. The third-order valence-electron chi connectivity index (χ3n) is 7.37. The first kappa shape index (κ1) is 31.3. The number of benzene rings is 4. The molecule has 0 aliphatic carbocycles. The molecule has 2 heterocycles. The average molecular weight is 627 g/mol. The molecule has 4 aromatic rings. The van der Waals surface area contributed by atoms with Crippen molar-refractivity contribution in [3.63, 3.8) is 0 Å². The Morgan fingerprint density at radius 1 is 0.609 bits per heavy atom. The van der Waals surface area contributed by atoms with Crippen LogP contribution < -0.4 is 9.80 Å². The topological polar surface area (TPSA) is 152 Å². The monoisotopic (exact) mass is 626 g/mol. The lowest BCUT2D eigenvalue weighted by atomic mass is 9.99. The van der Waals surface area contributed by atoms with Crippen molar-refractivity contribution in [2.45, 2.75) is 0 Å². The summed E-state index contributed by atoms with van der Waals surface area (Å²) in [6.07, 6.45) is 0. The maximum absolute atomic E-state index is 14.1. The summed E-state index contributed by atoms with van der Waals surface area (Å²) in [5, 5.41) is 22.1. The molecule has 46 heavy (non-hydrogen) atoms. The van der Waals surface area contributed by atoms with E-state index in [1.54, 1.807) is 38.4 Å². The minimum Gasteiger partial charge on any atom is -0.313 e. The zero-order valence-electron chi connectivity index (χ0n) is 24.4. The first-order valence-corrected chi connectivity index (χ1v) is 13.7. The zero-order valence-corrected chi connectivity index (χ0v) is 24.4. The second-order valence-corrected chi connectivity index (χ2v) is 10.1. The Balaban J connectivity index is 0.000000181. The Morgan fingerprint density at radius 3 is 1.33 bits per heavy atom. The third-order valence-corrected chi connectivity index (χ3v) is 7.37. The summed E-state index contributed by atoms with van der Waals surface area (Å²) >= 11 is 0. The van der Waals surface area contributed by atoms with Crippen molar-refractivity contribution in [3.8, 4) is 0 Å². The number of halogens is 2. The van der Waals surface area contributed by atoms with Gasteiger partial charge in [-0.25, -0.2) is 8.78 Å². The van der Waals surface area contributed by atoms with E-state index in [1.165, 1.54) is 70.5 Å². The van der Waals surface area contributed by atoms with Gasteiger partial charge in [-0.1, -0.05) is 24.3 Å². The van der Waals surface area contributed by atoms with Gasteiger partial charge in [-0.05, 0) is 36.4 Å². The molecule has 0 N–H and O–H groups in total. The standard InChI is InChI=1S/2C16H12FN3O3/c2*1-19-14-7-6-10(20(22)23)8-12(14)16(18-9-15(19)21)11-4-2-3-5-13(11)17/h2*2-8H,9H2,1H3. The van der Waals surface area contributed by atoms with Crippen LogP contribution in [0.3, 0.4) is 0 Å². The van der Waals surface area contributed by atoms with Crippen LogP contribution in [-0.4, -0.2) is 60.3 Å². The van der Waals surface area contributed by atoms with Crippen molar-refractivity contribution in [2.75, 3.05) is 37.0 Å². The predicted octanol–water partition coefficient (Wildman–Crippen LogP) is 5.10. The van der Waals surface area contributed by atoms with Crippen LogP contribution >= 0.6 is 0 Å². The van der Waals surface area contributed by atoms with Crippen LogP contribution in [0.15, 0.2) is 94.9 Å². The van der Waals surface area contributed by atoms with E-state index in [4.69, 9.17) is 0 Å². The number of carbonyl (C=O) groups excluding carboxylic acids is 2. The van der Waals surface area contributed by atoms with E-state index < -0.39 is 21.5 Å². The molecule has 12 nitrogen and oxygen atoms in total. The summed E-state index contributed by atoms with van der Waals surface area (Å²) in [6.45, 7) is -0.300. The lowest BCUT2D eigenvalue weighted by molar-refractivity contribution is -0.385. The molecule has 2 aliphatic heterocycles. The van der Waals surface area contributed by atoms with E-state index in [9.17, 15) is 38.6 Å². The molecule has 0 saturated carbocycles. The van der Waals surface area contributed by atoms with Gasteiger partial charge in [-0.2, -0.15) is 0 Å². The second kappa shape index (κ2) is 12.8. The van der Waals surface area contributed by atoms with Gasteiger partial charge in [-0.3, -0.25) is 39.8 Å². The van der Waals surface area contributed by atoms with Gasteiger partial charge in [-0.15, -0.1) is 0 Å². The SMILES string of the molecule is CN1C(=O)CN=C(c2ccccc2F)c2cc([N+](=O)[O-])ccc21.CN1C(=O)CN=C(c2ccccc2F)c2cc([N+](=O)[O-])ccc21. The first-order valence-electron chi connectivity index (χ1n) is 13.7. The summed E-state index contributed by atoms with van der Waals surface area (Å²) in [6, 6.07) is 20.2. The number of anilines is 2. The summed E-state index contributed by atoms with van der Waals surface area (Å²) in [5.41, 5.74) is 2.23. The molecular formula is C32H24F2N6O6. The number of nitrogens with zero attached hydrogens (tertiary/aromatic N) is 6. The molecule has 2 amide bonds. The van der Waals surface area contributed by atoms with Crippen molar-refractivity contribution in [2.24, 2.45) is 9.98 Å². The number of rotatable bonds is 4. The van der Waals surface area contributed by atoms with Crippen LogP contribution in [0, 0.1) is 31.9 Å². The van der Waals surface area contributed by atoms with Crippen LogP contribution in [-0.2, 0) is 9.59 Å². The molecule has 0 aromatic heterocycles. The summed E-state index contributed by atoms with van der Waals surface area (Å²) < 4.78 is 28.3. The van der Waals surface area contributed by atoms with Crippen molar-refractivity contribution in [3.05, 3.63) is 139 Å². The van der Waals surface area contributed by atoms with Crippen LogP contribution in [0.25, 0.3) is 0 Å². The van der Waals surface area contributed by atoms with Gasteiger partial charge >= 0.3 is 0 Å². The highest BCUT2D eigenvalue weighted by Gasteiger charge is 2.27. The summed E-state index contributed by atoms with van der Waals surface area (Å²) in [5.74, 6) is -1.54. The number of carbonyl (C=O) groups is 2. The van der Waals surface area contributed by atoms with Gasteiger partial charge in [0.15, 0.2) is 0 Å². The van der Waals surface area contributed by atoms with E-state index in [2.05, 4.69) is 9.98 Å². The maximum atomic E-state index is 14.1. The van der Waals surface area contributed by atoms with Crippen molar-refractivity contribution in [1.29, 1.82) is 0 Å². The van der Waals surface area contributed by atoms with E-state index in [0.717, 1.165) is 0 Å². The molecule has 0 bridgehead atoms. The number of hydrogen-bond donors (Lipinski definition) is 0. The number of benzodiazepines with no additional fused rings is 2. The summed E-state index contributed by atoms with van der Waals surface area (Å²) in [7, 11) is 3.12. The van der Waals surface area contributed by atoms with Gasteiger partial charge in [0, 0.05) is 60.6 Å². The largest absolute Gasteiger partial charge is 0.313 e. The fourth-order valence-electron chi connectivity index (χ4n) is 4.95. The minimum atomic E-state index is -0.536. The number of fused-ring (bicyclic) bond motifs is 2. The van der Waals surface area contributed by atoms with E-state index in [0.29, 0.717) is 22.5 Å². The quantitative estimate of drug-likeness (QED) is 0.227. The average Bonchev–Trinajstić information content (AvgIpc) is 3.25. The van der Waals surface area contributed by atoms with E-state index in [1.807, 2.05) is 0 Å². The van der Waals surface area contributed by atoms with E-state index >= 15 is 0 Å². The second-order valence-electron chi connectivity index (χ2n) is 10.1. The molecule has 0 atom stereocenters. The highest BCUT2D eigenvalue weighted by Crippen LogP contribution is 2.31. The fourth-order valence-corrected chi connectivity index (χ4v) is 4.95. The third kappa shape index (κ3) is 6.08. The number of non-ortho nitro benzene ring substituents is 2. The van der Waals surface area contributed by atoms with Gasteiger partial charge < -0.3 is 9.80 Å². The van der Waals surface area contributed by atoms with Crippen LogP contribution in [0.1, 0.15) is 22.3 Å². The van der Waals surface area contributed by atoms with Crippen LogP contribution in [0.5, 0.6) is 0 Å². The number of aliphatic imine (C=N–C) groups is 2. The Labute approximate surface area is 260 Å². The number of amides is 2. The number of hydrogen-bond acceptors (Lipinski definition) is 8. The number of nitro groups is 2. The van der Waals surface area contributed by atoms with E-state index in [-0.39, 0.29) is 58.8 Å². The lowest BCUT2D eigenvalue weighted by Gasteiger charge is -2.17. The molecule has 2 aliphatic rings. The number of nitro benzene ring substituents is 2. The number of likely N-dealkylation sites (N-methyl/N-ethyl adjacent to an activating group) is 2. The Hall–Kier alpha value is -6.18. The smallest absolute Gasteiger partial charge is 0.270 e. The van der Waals surface area contributed by atoms with Crippen molar-refractivity contribution >= 4 is 46.0 Å². The fraction of sp³-hybridized carbons (Fsp3) is 0.125. The van der Waals surface area contributed by atoms with Gasteiger partial charge in [0.05, 0.1) is 32.6 Å². The zero-order chi connectivity index (χ0) is 33.1. The molecule has 14 heteroatoms. The lowest BCUT2D eigenvalue weighted by Crippen LogP contribution is -2.27. The first-order chi connectivity index (χ1) is 22.0. The van der Waals surface area contributed by atoms with Gasteiger partial charge in [0.25, 0.3) is 11.4 Å². The van der Waals surface area contributed by atoms with Gasteiger partial charge in [0.2, 0.25) is 11.8 Å². The minimum absolute atomic E-state index is 0.143. The van der Waals surface area contributed by atoms with Crippen LogP contribution in [0.2, 0.25) is 0 Å². The van der Waals surface area contributed by atoms with Gasteiger partial charge in [0.1, 0.15) is 24.7 Å². The molecule has 0 unspecified atom stereocenters.